The molecule has 0 bridgehead atoms. The summed E-state index contributed by atoms with van der Waals surface area (Å²) in [5.41, 5.74) is 0. The van der Waals surface area contributed by atoms with E-state index >= 15 is 0 Å². The lowest BCUT2D eigenvalue weighted by molar-refractivity contribution is -0.133. The van der Waals surface area contributed by atoms with Gasteiger partial charge in [-0.2, -0.15) is 0 Å². The Morgan fingerprint density at radius 3 is 2.67 bits per heavy atom. The molecule has 2 rings (SSSR count). The molecule has 3 nitrogen and oxygen atoms in total. The summed E-state index contributed by atoms with van der Waals surface area (Å²) in [5.74, 6) is 1.76. The van der Waals surface area contributed by atoms with Crippen LogP contribution in [0.25, 0.3) is 0 Å². The minimum absolute atomic E-state index is 0.277. The number of nitrogens with zero attached hydrogens (tertiary/aromatic N) is 1. The first-order valence-electron chi connectivity index (χ1n) is 4.70. The fourth-order valence-electron chi connectivity index (χ4n) is 2.18. The normalized spacial score (nSPS) is 41.7. The van der Waals surface area contributed by atoms with E-state index in [0.29, 0.717) is 18.5 Å². The first kappa shape index (κ1) is 8.05. The molecule has 1 heterocycles. The van der Waals surface area contributed by atoms with Crippen LogP contribution in [0, 0.1) is 11.8 Å². The zero-order valence-electron chi connectivity index (χ0n) is 7.71. The van der Waals surface area contributed by atoms with E-state index in [4.69, 9.17) is 0 Å². The highest BCUT2D eigenvalue weighted by Crippen LogP contribution is 2.37. The predicted molar refractivity (Wildman–Crippen MR) is 46.4 cm³/mol. The van der Waals surface area contributed by atoms with Crippen LogP contribution >= 0.6 is 0 Å². The standard InChI is InChI=1S/C9H16N2O/c1-6-3-8(7(6)2)11-5-10-4-9(11)12/h6-8,10H,3-5H2,1-2H3. The molecule has 1 N–H and O–H groups in total. The van der Waals surface area contributed by atoms with E-state index in [1.54, 1.807) is 0 Å². The Kier molecular flexibility index (Phi) is 1.83. The van der Waals surface area contributed by atoms with Crippen molar-refractivity contribution in [2.45, 2.75) is 26.3 Å². The Balaban J connectivity index is 1.97. The van der Waals surface area contributed by atoms with E-state index in [-0.39, 0.29) is 5.91 Å². The van der Waals surface area contributed by atoms with Gasteiger partial charge in [0.2, 0.25) is 5.91 Å². The van der Waals surface area contributed by atoms with Crippen LogP contribution in [0.5, 0.6) is 0 Å². The van der Waals surface area contributed by atoms with E-state index < -0.39 is 0 Å². The number of carbonyl (C=O) groups is 1. The maximum Gasteiger partial charge on any atom is 0.237 e. The SMILES string of the molecule is CC1CC(N2CNCC2=O)C1C. The lowest BCUT2D eigenvalue weighted by Crippen LogP contribution is -2.51. The van der Waals surface area contributed by atoms with Gasteiger partial charge in [-0.1, -0.05) is 13.8 Å². The van der Waals surface area contributed by atoms with Crippen molar-refractivity contribution in [3.63, 3.8) is 0 Å². The summed E-state index contributed by atoms with van der Waals surface area (Å²) in [6.45, 7) is 5.80. The van der Waals surface area contributed by atoms with Crippen LogP contribution in [0.3, 0.4) is 0 Å². The van der Waals surface area contributed by atoms with Crippen LogP contribution in [0.4, 0.5) is 0 Å². The number of hydrogen-bond acceptors (Lipinski definition) is 2. The molecule has 12 heavy (non-hydrogen) atoms. The summed E-state index contributed by atoms with van der Waals surface area (Å²) in [6.07, 6.45) is 1.19. The van der Waals surface area contributed by atoms with Gasteiger partial charge < -0.3 is 4.90 Å². The third-order valence-corrected chi connectivity index (χ3v) is 3.40. The lowest BCUT2D eigenvalue weighted by atomic mass is 9.71. The molecule has 68 valence electrons. The Bertz CT molecular complexity index is 205. The first-order valence-corrected chi connectivity index (χ1v) is 4.70. The average Bonchev–Trinajstić information content (AvgIpc) is 2.46. The third kappa shape index (κ3) is 1.04. The van der Waals surface area contributed by atoms with Crippen molar-refractivity contribution < 1.29 is 4.79 Å². The van der Waals surface area contributed by atoms with E-state index in [1.807, 2.05) is 4.90 Å². The van der Waals surface area contributed by atoms with Crippen molar-refractivity contribution in [3.05, 3.63) is 0 Å². The van der Waals surface area contributed by atoms with Gasteiger partial charge in [0.25, 0.3) is 0 Å². The van der Waals surface area contributed by atoms with Gasteiger partial charge in [-0.3, -0.25) is 10.1 Å². The Labute approximate surface area is 73.1 Å². The van der Waals surface area contributed by atoms with E-state index in [0.717, 1.165) is 12.6 Å². The van der Waals surface area contributed by atoms with Gasteiger partial charge in [-0.05, 0) is 18.3 Å². The second-order valence-electron chi connectivity index (χ2n) is 4.09. The molecular weight excluding hydrogens is 152 g/mol. The fourth-order valence-corrected chi connectivity index (χ4v) is 2.18. The van der Waals surface area contributed by atoms with E-state index in [1.165, 1.54) is 6.42 Å². The molecule has 3 atom stereocenters. The highest BCUT2D eigenvalue weighted by Gasteiger charge is 2.41. The monoisotopic (exact) mass is 168 g/mol. The van der Waals surface area contributed by atoms with Gasteiger partial charge in [-0.15, -0.1) is 0 Å². The number of amides is 1. The third-order valence-electron chi connectivity index (χ3n) is 3.40. The molecule has 1 aliphatic carbocycles. The Morgan fingerprint density at radius 1 is 1.50 bits per heavy atom. The summed E-state index contributed by atoms with van der Waals surface area (Å²) in [5, 5.41) is 3.08. The van der Waals surface area contributed by atoms with Crippen molar-refractivity contribution in [1.29, 1.82) is 0 Å². The van der Waals surface area contributed by atoms with Crippen molar-refractivity contribution in [2.75, 3.05) is 13.2 Å². The summed E-state index contributed by atoms with van der Waals surface area (Å²) in [7, 11) is 0. The summed E-state index contributed by atoms with van der Waals surface area (Å²) in [6, 6.07) is 0.516. The van der Waals surface area contributed by atoms with Crippen molar-refractivity contribution in [1.82, 2.24) is 10.2 Å². The summed E-state index contributed by atoms with van der Waals surface area (Å²) >= 11 is 0. The molecule has 1 aliphatic heterocycles. The largest absolute Gasteiger partial charge is 0.326 e. The minimum atomic E-state index is 0.277. The lowest BCUT2D eigenvalue weighted by Gasteiger charge is -2.45. The van der Waals surface area contributed by atoms with Crippen LogP contribution < -0.4 is 5.32 Å². The molecule has 0 aromatic rings. The second kappa shape index (κ2) is 2.73. The summed E-state index contributed by atoms with van der Waals surface area (Å²) in [4.78, 5) is 13.3. The first-order chi connectivity index (χ1) is 5.70. The zero-order chi connectivity index (χ0) is 8.72. The molecule has 0 radical (unpaired) electrons. The predicted octanol–water partition coefficient (Wildman–Crippen LogP) is 0.420. The molecular formula is C9H16N2O. The molecule has 1 amide bonds. The van der Waals surface area contributed by atoms with Crippen LogP contribution in [0.1, 0.15) is 20.3 Å². The fraction of sp³-hybridized carbons (Fsp3) is 0.889. The number of hydrogen-bond donors (Lipinski definition) is 1. The smallest absolute Gasteiger partial charge is 0.237 e. The number of rotatable bonds is 1. The molecule has 3 heteroatoms. The van der Waals surface area contributed by atoms with Gasteiger partial charge in [-0.25, -0.2) is 0 Å². The maximum atomic E-state index is 11.3. The summed E-state index contributed by atoms with van der Waals surface area (Å²) < 4.78 is 0. The van der Waals surface area contributed by atoms with Gasteiger partial charge >= 0.3 is 0 Å². The molecule has 0 spiro atoms. The molecule has 1 saturated carbocycles. The molecule has 0 aromatic carbocycles. The van der Waals surface area contributed by atoms with Gasteiger partial charge in [0.15, 0.2) is 0 Å². The Morgan fingerprint density at radius 2 is 2.25 bits per heavy atom. The topological polar surface area (TPSA) is 32.3 Å². The maximum absolute atomic E-state index is 11.3. The molecule has 3 unspecified atom stereocenters. The van der Waals surface area contributed by atoms with Crippen LogP contribution in [-0.2, 0) is 4.79 Å². The average molecular weight is 168 g/mol. The van der Waals surface area contributed by atoms with E-state index in [9.17, 15) is 4.79 Å². The van der Waals surface area contributed by atoms with Crippen molar-refractivity contribution in [2.24, 2.45) is 11.8 Å². The van der Waals surface area contributed by atoms with Crippen molar-refractivity contribution in [3.8, 4) is 0 Å². The molecule has 2 aliphatic rings. The Hall–Kier alpha value is -0.570. The van der Waals surface area contributed by atoms with Crippen LogP contribution in [0.15, 0.2) is 0 Å². The van der Waals surface area contributed by atoms with E-state index in [2.05, 4.69) is 19.2 Å². The molecule has 1 saturated heterocycles. The van der Waals surface area contributed by atoms with Crippen LogP contribution in [0.2, 0.25) is 0 Å². The highest BCUT2D eigenvalue weighted by atomic mass is 16.2. The number of nitrogens with one attached hydrogen (secondary N) is 1. The van der Waals surface area contributed by atoms with Gasteiger partial charge in [0.1, 0.15) is 0 Å². The van der Waals surface area contributed by atoms with Crippen LogP contribution in [-0.4, -0.2) is 30.1 Å². The second-order valence-corrected chi connectivity index (χ2v) is 4.09. The van der Waals surface area contributed by atoms with Crippen molar-refractivity contribution >= 4 is 5.91 Å². The molecule has 2 fully saturated rings. The zero-order valence-corrected chi connectivity index (χ0v) is 7.71. The van der Waals surface area contributed by atoms with Gasteiger partial charge in [0, 0.05) is 6.04 Å². The molecule has 0 aromatic heterocycles. The highest BCUT2D eigenvalue weighted by molar-refractivity contribution is 5.80. The minimum Gasteiger partial charge on any atom is -0.326 e. The van der Waals surface area contributed by atoms with Gasteiger partial charge in [0.05, 0.1) is 13.2 Å². The number of carbonyl (C=O) groups excluding carboxylic acids is 1. The quantitative estimate of drug-likeness (QED) is 0.615.